The highest BCUT2D eigenvalue weighted by molar-refractivity contribution is 5.93. The summed E-state index contributed by atoms with van der Waals surface area (Å²) in [6.45, 7) is 2.81. The average Bonchev–Trinajstić information content (AvgIpc) is 3.24. The Balaban J connectivity index is 1.37. The third kappa shape index (κ3) is 3.31. The van der Waals surface area contributed by atoms with E-state index in [-0.39, 0.29) is 5.91 Å². The van der Waals surface area contributed by atoms with E-state index in [2.05, 4.69) is 19.9 Å². The molecule has 144 valence electrons. The van der Waals surface area contributed by atoms with Gasteiger partial charge in [-0.15, -0.1) is 0 Å². The molecule has 0 saturated carbocycles. The number of imidazole rings is 1. The highest BCUT2D eigenvalue weighted by Gasteiger charge is 2.25. The minimum Gasteiger partial charge on any atom is -0.353 e. The summed E-state index contributed by atoms with van der Waals surface area (Å²) < 4.78 is 1.87. The molecule has 29 heavy (non-hydrogen) atoms. The van der Waals surface area contributed by atoms with Gasteiger partial charge in [-0.25, -0.2) is 9.97 Å². The van der Waals surface area contributed by atoms with E-state index in [0.717, 1.165) is 30.2 Å². The Hall–Kier alpha value is -3.74. The lowest BCUT2D eigenvalue weighted by atomic mass is 10.1. The van der Waals surface area contributed by atoms with Crippen molar-refractivity contribution in [1.29, 1.82) is 0 Å². The lowest BCUT2D eigenvalue weighted by molar-refractivity contribution is 0.0741. The van der Waals surface area contributed by atoms with Gasteiger partial charge in [-0.1, -0.05) is 36.4 Å². The van der Waals surface area contributed by atoms with Gasteiger partial charge < -0.3 is 14.2 Å². The van der Waals surface area contributed by atoms with Gasteiger partial charge in [0.2, 0.25) is 0 Å². The van der Waals surface area contributed by atoms with Crippen molar-refractivity contribution in [1.82, 2.24) is 24.3 Å². The molecule has 1 aliphatic heterocycles. The Kier molecular flexibility index (Phi) is 4.40. The van der Waals surface area contributed by atoms with E-state index in [4.69, 9.17) is 0 Å². The normalized spacial score (nSPS) is 14.3. The van der Waals surface area contributed by atoms with E-state index in [1.807, 2.05) is 64.0 Å². The zero-order valence-electron chi connectivity index (χ0n) is 15.8. The van der Waals surface area contributed by atoms with Crippen molar-refractivity contribution in [3.8, 4) is 11.3 Å². The van der Waals surface area contributed by atoms with Crippen LogP contribution in [0.15, 0.2) is 73.3 Å². The molecule has 5 rings (SSSR count). The Morgan fingerprint density at radius 1 is 0.862 bits per heavy atom. The van der Waals surface area contributed by atoms with E-state index in [9.17, 15) is 4.79 Å². The number of hydrogen-bond donors (Lipinski definition) is 0. The largest absolute Gasteiger partial charge is 0.353 e. The maximum atomic E-state index is 13.1. The number of carbonyl (C=O) groups is 1. The highest BCUT2D eigenvalue weighted by Crippen LogP contribution is 2.22. The summed E-state index contributed by atoms with van der Waals surface area (Å²) in [5.41, 5.74) is 2.88. The van der Waals surface area contributed by atoms with E-state index in [0.29, 0.717) is 24.4 Å². The third-order valence-electron chi connectivity index (χ3n) is 5.18. The summed E-state index contributed by atoms with van der Waals surface area (Å²) in [6, 6.07) is 15.8. The number of amides is 1. The third-order valence-corrected chi connectivity index (χ3v) is 5.18. The summed E-state index contributed by atoms with van der Waals surface area (Å²) >= 11 is 0. The fraction of sp³-hybridized carbons (Fsp3) is 0.182. The second-order valence-corrected chi connectivity index (χ2v) is 6.97. The van der Waals surface area contributed by atoms with E-state index < -0.39 is 0 Å². The standard InChI is InChI=1S/C22H20N6O/c29-22(27-14-12-26(13-15-27)19-8-4-5-9-23-19)18-16-28-11-10-24-20(21(28)25-18)17-6-2-1-3-7-17/h1-11,16H,12-15H2. The Bertz CT molecular complexity index is 1130. The molecule has 1 saturated heterocycles. The molecule has 0 N–H and O–H groups in total. The molecule has 1 aromatic carbocycles. The fourth-order valence-corrected chi connectivity index (χ4v) is 3.66. The Labute approximate surface area is 168 Å². The van der Waals surface area contributed by atoms with Crippen LogP contribution in [0.25, 0.3) is 16.9 Å². The van der Waals surface area contributed by atoms with Gasteiger partial charge >= 0.3 is 0 Å². The van der Waals surface area contributed by atoms with Crippen LogP contribution in [0.2, 0.25) is 0 Å². The van der Waals surface area contributed by atoms with Crippen molar-refractivity contribution in [2.75, 3.05) is 31.1 Å². The molecule has 7 nitrogen and oxygen atoms in total. The molecule has 0 radical (unpaired) electrons. The first-order valence-electron chi connectivity index (χ1n) is 9.64. The molecule has 0 unspecified atom stereocenters. The van der Waals surface area contributed by atoms with Gasteiger partial charge in [-0.2, -0.15) is 0 Å². The van der Waals surface area contributed by atoms with Crippen molar-refractivity contribution in [2.24, 2.45) is 0 Å². The lowest BCUT2D eigenvalue weighted by Crippen LogP contribution is -2.49. The SMILES string of the molecule is O=C(c1cn2ccnc(-c3ccccc3)c2n1)N1CCN(c2ccccn2)CC1. The minimum atomic E-state index is -0.0478. The van der Waals surface area contributed by atoms with Crippen LogP contribution in [0.4, 0.5) is 5.82 Å². The quantitative estimate of drug-likeness (QED) is 0.543. The molecule has 3 aromatic heterocycles. The molecule has 0 spiro atoms. The summed E-state index contributed by atoms with van der Waals surface area (Å²) in [5, 5.41) is 0. The molecular weight excluding hydrogens is 364 g/mol. The summed E-state index contributed by atoms with van der Waals surface area (Å²) in [5.74, 6) is 0.902. The number of hydrogen-bond acceptors (Lipinski definition) is 5. The van der Waals surface area contributed by atoms with Crippen molar-refractivity contribution >= 4 is 17.4 Å². The van der Waals surface area contributed by atoms with Crippen LogP contribution < -0.4 is 4.90 Å². The smallest absolute Gasteiger partial charge is 0.274 e. The molecular formula is C22H20N6O. The number of benzene rings is 1. The Morgan fingerprint density at radius 3 is 2.41 bits per heavy atom. The number of carbonyl (C=O) groups excluding carboxylic acids is 1. The van der Waals surface area contributed by atoms with Crippen LogP contribution >= 0.6 is 0 Å². The molecule has 0 bridgehead atoms. The zero-order valence-corrected chi connectivity index (χ0v) is 15.8. The molecule has 4 aromatic rings. The maximum Gasteiger partial charge on any atom is 0.274 e. The maximum absolute atomic E-state index is 13.1. The second-order valence-electron chi connectivity index (χ2n) is 6.97. The van der Waals surface area contributed by atoms with Gasteiger partial charge in [0.15, 0.2) is 5.65 Å². The number of aromatic nitrogens is 4. The summed E-state index contributed by atoms with van der Waals surface area (Å²) in [7, 11) is 0. The first kappa shape index (κ1) is 17.4. The number of fused-ring (bicyclic) bond motifs is 1. The van der Waals surface area contributed by atoms with Crippen molar-refractivity contribution in [3.63, 3.8) is 0 Å². The van der Waals surface area contributed by atoms with Crippen molar-refractivity contribution in [3.05, 3.63) is 79.0 Å². The van der Waals surface area contributed by atoms with Crippen LogP contribution in [-0.2, 0) is 0 Å². The predicted molar refractivity (Wildman–Crippen MR) is 111 cm³/mol. The summed E-state index contributed by atoms with van der Waals surface area (Å²) in [4.78, 5) is 30.6. The van der Waals surface area contributed by atoms with Crippen LogP contribution in [0.1, 0.15) is 10.5 Å². The number of rotatable bonds is 3. The second kappa shape index (κ2) is 7.35. The van der Waals surface area contributed by atoms with Gasteiger partial charge in [0.25, 0.3) is 5.91 Å². The van der Waals surface area contributed by atoms with E-state index in [1.54, 1.807) is 18.6 Å². The van der Waals surface area contributed by atoms with Gasteiger partial charge in [0.1, 0.15) is 17.2 Å². The van der Waals surface area contributed by atoms with E-state index >= 15 is 0 Å². The monoisotopic (exact) mass is 384 g/mol. The van der Waals surface area contributed by atoms with E-state index in [1.165, 1.54) is 0 Å². The number of piperazine rings is 1. The molecule has 1 amide bonds. The first-order valence-corrected chi connectivity index (χ1v) is 9.64. The minimum absolute atomic E-state index is 0.0478. The van der Waals surface area contributed by atoms with Gasteiger partial charge in [-0.3, -0.25) is 9.78 Å². The van der Waals surface area contributed by atoms with Crippen molar-refractivity contribution in [2.45, 2.75) is 0 Å². The average molecular weight is 384 g/mol. The first-order chi connectivity index (χ1) is 14.3. The van der Waals surface area contributed by atoms with Crippen LogP contribution in [0.5, 0.6) is 0 Å². The molecule has 0 aliphatic carbocycles. The summed E-state index contributed by atoms with van der Waals surface area (Å²) in [6.07, 6.45) is 7.14. The predicted octanol–water partition coefficient (Wildman–Crippen LogP) is 2.75. The van der Waals surface area contributed by atoms with Crippen LogP contribution in [0.3, 0.4) is 0 Å². The number of pyridine rings is 1. The molecule has 7 heteroatoms. The number of nitrogens with zero attached hydrogens (tertiary/aromatic N) is 6. The van der Waals surface area contributed by atoms with Crippen LogP contribution in [-0.4, -0.2) is 56.3 Å². The number of anilines is 1. The Morgan fingerprint density at radius 2 is 1.66 bits per heavy atom. The molecule has 1 fully saturated rings. The lowest BCUT2D eigenvalue weighted by Gasteiger charge is -2.35. The fourth-order valence-electron chi connectivity index (χ4n) is 3.66. The van der Waals surface area contributed by atoms with Crippen LogP contribution in [0, 0.1) is 0 Å². The molecule has 1 aliphatic rings. The van der Waals surface area contributed by atoms with Gasteiger partial charge in [0.05, 0.1) is 0 Å². The highest BCUT2D eigenvalue weighted by atomic mass is 16.2. The van der Waals surface area contributed by atoms with Crippen molar-refractivity contribution < 1.29 is 4.79 Å². The zero-order chi connectivity index (χ0) is 19.6. The molecule has 0 atom stereocenters. The van der Waals surface area contributed by atoms with Gasteiger partial charge in [-0.05, 0) is 12.1 Å². The van der Waals surface area contributed by atoms with Gasteiger partial charge in [0, 0.05) is 56.5 Å². The molecule has 4 heterocycles. The topological polar surface area (TPSA) is 66.6 Å².